The number of hydrogen-bond acceptors (Lipinski definition) is 5. The standard InChI is InChI=1S/C12H16BrNO4/c1-4-6-8(14-17-5-2)9-11(15)10(13)7(3)18-12(9)16/h15H,4-6H2,1-3H3. The van der Waals surface area contributed by atoms with Gasteiger partial charge >= 0.3 is 5.63 Å². The van der Waals surface area contributed by atoms with Gasteiger partial charge < -0.3 is 14.4 Å². The van der Waals surface area contributed by atoms with E-state index in [0.29, 0.717) is 29.0 Å². The van der Waals surface area contributed by atoms with Crippen molar-refractivity contribution in [3.8, 4) is 5.75 Å². The first-order valence-electron chi connectivity index (χ1n) is 5.74. The number of oxime groups is 1. The second kappa shape index (κ2) is 6.58. The summed E-state index contributed by atoms with van der Waals surface area (Å²) in [5.41, 5.74) is -0.158. The number of hydrogen-bond donors (Lipinski definition) is 1. The fraction of sp³-hybridized carbons (Fsp3) is 0.500. The first-order chi connectivity index (χ1) is 8.52. The minimum Gasteiger partial charge on any atom is -0.506 e. The predicted molar refractivity (Wildman–Crippen MR) is 72.2 cm³/mol. The predicted octanol–water partition coefficient (Wildman–Crippen LogP) is 2.96. The van der Waals surface area contributed by atoms with Gasteiger partial charge in [0.2, 0.25) is 0 Å². The average molecular weight is 318 g/mol. The Kier molecular flexibility index (Phi) is 5.40. The lowest BCUT2D eigenvalue weighted by molar-refractivity contribution is 0.158. The molecule has 5 nitrogen and oxygen atoms in total. The van der Waals surface area contributed by atoms with E-state index < -0.39 is 5.63 Å². The van der Waals surface area contributed by atoms with E-state index in [9.17, 15) is 9.90 Å². The molecule has 0 saturated carbocycles. The fourth-order valence-electron chi connectivity index (χ4n) is 1.46. The maximum atomic E-state index is 11.8. The minimum absolute atomic E-state index is 0.0581. The molecule has 0 radical (unpaired) electrons. The van der Waals surface area contributed by atoms with E-state index in [0.717, 1.165) is 6.42 Å². The lowest BCUT2D eigenvalue weighted by Crippen LogP contribution is -2.16. The average Bonchev–Trinajstić information content (AvgIpc) is 2.33. The molecular formula is C12H16BrNO4. The Hall–Kier alpha value is -1.30. The maximum absolute atomic E-state index is 11.8. The van der Waals surface area contributed by atoms with E-state index in [-0.39, 0.29) is 11.3 Å². The van der Waals surface area contributed by atoms with E-state index in [2.05, 4.69) is 21.1 Å². The van der Waals surface area contributed by atoms with E-state index in [1.54, 1.807) is 13.8 Å². The third-order valence-corrected chi connectivity index (χ3v) is 3.22. The fourth-order valence-corrected chi connectivity index (χ4v) is 1.74. The summed E-state index contributed by atoms with van der Waals surface area (Å²) in [7, 11) is 0. The van der Waals surface area contributed by atoms with Crippen LogP contribution in [-0.2, 0) is 4.84 Å². The van der Waals surface area contributed by atoms with Crippen molar-refractivity contribution in [1.29, 1.82) is 0 Å². The molecule has 0 atom stereocenters. The Morgan fingerprint density at radius 2 is 2.17 bits per heavy atom. The number of rotatable bonds is 5. The third kappa shape index (κ3) is 3.13. The van der Waals surface area contributed by atoms with Crippen molar-refractivity contribution in [2.24, 2.45) is 5.16 Å². The van der Waals surface area contributed by atoms with E-state index in [1.807, 2.05) is 6.92 Å². The van der Waals surface area contributed by atoms with Crippen LogP contribution in [0.1, 0.15) is 38.0 Å². The highest BCUT2D eigenvalue weighted by Crippen LogP contribution is 2.29. The highest BCUT2D eigenvalue weighted by molar-refractivity contribution is 9.10. The van der Waals surface area contributed by atoms with E-state index in [4.69, 9.17) is 9.25 Å². The summed E-state index contributed by atoms with van der Waals surface area (Å²) in [4.78, 5) is 16.8. The van der Waals surface area contributed by atoms with Crippen molar-refractivity contribution in [2.45, 2.75) is 33.6 Å². The van der Waals surface area contributed by atoms with Crippen LogP contribution in [-0.4, -0.2) is 17.4 Å². The van der Waals surface area contributed by atoms with Gasteiger partial charge in [-0.05, 0) is 36.2 Å². The van der Waals surface area contributed by atoms with Crippen molar-refractivity contribution in [3.63, 3.8) is 0 Å². The molecule has 0 spiro atoms. The SMILES string of the molecule is CCCC(=NOCC)c1c(O)c(Br)c(C)oc1=O. The molecule has 1 heterocycles. The largest absolute Gasteiger partial charge is 0.506 e. The van der Waals surface area contributed by atoms with Gasteiger partial charge in [-0.1, -0.05) is 18.5 Å². The lowest BCUT2D eigenvalue weighted by atomic mass is 10.1. The number of aryl methyl sites for hydroxylation is 1. The molecule has 18 heavy (non-hydrogen) atoms. The molecule has 0 amide bonds. The van der Waals surface area contributed by atoms with Crippen LogP contribution in [0.25, 0.3) is 0 Å². The van der Waals surface area contributed by atoms with Crippen LogP contribution in [0.2, 0.25) is 0 Å². The van der Waals surface area contributed by atoms with Crippen molar-refractivity contribution < 1.29 is 14.4 Å². The molecule has 0 aliphatic carbocycles. The molecule has 100 valence electrons. The number of aromatic hydroxyl groups is 1. The van der Waals surface area contributed by atoms with Gasteiger partial charge in [-0.3, -0.25) is 0 Å². The van der Waals surface area contributed by atoms with Crippen LogP contribution in [0.5, 0.6) is 5.75 Å². The van der Waals surface area contributed by atoms with Gasteiger partial charge in [-0.2, -0.15) is 0 Å². The summed E-state index contributed by atoms with van der Waals surface area (Å²) in [6, 6.07) is 0. The molecule has 1 N–H and O–H groups in total. The molecule has 6 heteroatoms. The smallest absolute Gasteiger partial charge is 0.349 e. The zero-order valence-corrected chi connectivity index (χ0v) is 12.2. The van der Waals surface area contributed by atoms with Gasteiger partial charge in [0, 0.05) is 0 Å². The van der Waals surface area contributed by atoms with Gasteiger partial charge in [0.25, 0.3) is 0 Å². The van der Waals surface area contributed by atoms with Gasteiger partial charge in [0.15, 0.2) is 0 Å². The molecular weight excluding hydrogens is 302 g/mol. The van der Waals surface area contributed by atoms with Crippen molar-refractivity contribution in [2.75, 3.05) is 6.61 Å². The number of nitrogens with zero attached hydrogens (tertiary/aromatic N) is 1. The molecule has 0 aromatic carbocycles. The lowest BCUT2D eigenvalue weighted by Gasteiger charge is -2.08. The molecule has 0 unspecified atom stereocenters. The van der Waals surface area contributed by atoms with Crippen molar-refractivity contribution in [1.82, 2.24) is 0 Å². The molecule has 0 aliphatic rings. The van der Waals surface area contributed by atoms with Crippen LogP contribution in [0, 0.1) is 6.92 Å². The molecule has 1 aromatic heterocycles. The van der Waals surface area contributed by atoms with Crippen LogP contribution in [0.4, 0.5) is 0 Å². The van der Waals surface area contributed by atoms with Gasteiger partial charge in [-0.15, -0.1) is 0 Å². The molecule has 0 bridgehead atoms. The Bertz CT molecular complexity index is 508. The third-order valence-electron chi connectivity index (χ3n) is 2.28. The summed E-state index contributed by atoms with van der Waals surface area (Å²) >= 11 is 3.17. The Labute approximate surface area is 114 Å². The van der Waals surface area contributed by atoms with Crippen LogP contribution in [0.3, 0.4) is 0 Å². The molecule has 0 saturated heterocycles. The summed E-state index contributed by atoms with van der Waals surface area (Å²) in [6.45, 7) is 5.73. The second-order valence-electron chi connectivity index (χ2n) is 3.69. The summed E-state index contributed by atoms with van der Waals surface area (Å²) in [5.74, 6) is 0.171. The van der Waals surface area contributed by atoms with Gasteiger partial charge in [0.05, 0.1) is 10.2 Å². The Morgan fingerprint density at radius 1 is 1.50 bits per heavy atom. The molecule has 0 fully saturated rings. The monoisotopic (exact) mass is 317 g/mol. The first-order valence-corrected chi connectivity index (χ1v) is 6.53. The van der Waals surface area contributed by atoms with Crippen LogP contribution < -0.4 is 5.63 Å². The zero-order chi connectivity index (χ0) is 13.7. The van der Waals surface area contributed by atoms with Crippen molar-refractivity contribution >= 4 is 21.6 Å². The first kappa shape index (κ1) is 14.8. The molecule has 1 rings (SSSR count). The van der Waals surface area contributed by atoms with E-state index in [1.165, 1.54) is 0 Å². The molecule has 1 aromatic rings. The maximum Gasteiger partial charge on any atom is 0.349 e. The normalized spacial score (nSPS) is 11.7. The zero-order valence-electron chi connectivity index (χ0n) is 10.6. The summed E-state index contributed by atoms with van der Waals surface area (Å²) in [5, 5.41) is 13.9. The summed E-state index contributed by atoms with van der Waals surface area (Å²) < 4.78 is 5.39. The minimum atomic E-state index is -0.611. The number of halogens is 1. The molecule has 0 aliphatic heterocycles. The van der Waals surface area contributed by atoms with Gasteiger partial charge in [0.1, 0.15) is 23.7 Å². The highest BCUT2D eigenvalue weighted by Gasteiger charge is 2.20. The Balaban J connectivity index is 3.37. The van der Waals surface area contributed by atoms with Crippen LogP contribution in [0.15, 0.2) is 18.8 Å². The highest BCUT2D eigenvalue weighted by atomic mass is 79.9. The van der Waals surface area contributed by atoms with Gasteiger partial charge in [-0.25, -0.2) is 4.79 Å². The quantitative estimate of drug-likeness (QED) is 0.669. The topological polar surface area (TPSA) is 72.0 Å². The summed E-state index contributed by atoms with van der Waals surface area (Å²) in [6.07, 6.45) is 1.30. The van der Waals surface area contributed by atoms with Crippen LogP contribution >= 0.6 is 15.9 Å². The van der Waals surface area contributed by atoms with E-state index >= 15 is 0 Å². The van der Waals surface area contributed by atoms with Crippen molar-refractivity contribution in [3.05, 3.63) is 26.2 Å². The Morgan fingerprint density at radius 3 is 2.72 bits per heavy atom. The second-order valence-corrected chi connectivity index (χ2v) is 4.48.